The van der Waals surface area contributed by atoms with Crippen LogP contribution in [0.2, 0.25) is 0 Å². The number of esters is 3. The van der Waals surface area contributed by atoms with Crippen molar-refractivity contribution in [1.82, 2.24) is 0 Å². The van der Waals surface area contributed by atoms with E-state index in [4.69, 9.17) is 18.9 Å². The minimum atomic E-state index is -1.17. The van der Waals surface area contributed by atoms with Crippen molar-refractivity contribution in [3.8, 4) is 0 Å². The van der Waals surface area contributed by atoms with Crippen LogP contribution in [0.15, 0.2) is 50.1 Å². The number of rotatable bonds is 18. The highest BCUT2D eigenvalue weighted by atomic mass is 16.6. The van der Waals surface area contributed by atoms with Gasteiger partial charge in [-0.3, -0.25) is 0 Å². The summed E-state index contributed by atoms with van der Waals surface area (Å²) in [5.74, 6) is -3.09. The molecule has 0 heterocycles. The zero-order valence-corrected chi connectivity index (χ0v) is 19.4. The largest absolute Gasteiger partial charge is 0.478 e. The van der Waals surface area contributed by atoms with Gasteiger partial charge in [0.15, 0.2) is 0 Å². The standard InChI is InChI=1S/C24H34O9/c1-7-19(25)31-15-23(10-4,12-18(6)22(28)29)13-30-14-24(11-5,16-32-20(26)8-2)17-33-21(27)9-3/h7-9H,1-3,6,10-17H2,4-5H3,(H,28,29). The number of hydrogen-bond acceptors (Lipinski definition) is 8. The van der Waals surface area contributed by atoms with Gasteiger partial charge in [0.25, 0.3) is 0 Å². The fourth-order valence-corrected chi connectivity index (χ4v) is 2.77. The Hall–Kier alpha value is -3.20. The van der Waals surface area contributed by atoms with Crippen LogP contribution in [-0.2, 0) is 38.1 Å². The van der Waals surface area contributed by atoms with E-state index in [1.165, 1.54) is 0 Å². The molecule has 1 atom stereocenters. The summed E-state index contributed by atoms with van der Waals surface area (Å²) >= 11 is 0. The summed E-state index contributed by atoms with van der Waals surface area (Å²) in [6, 6.07) is 0. The fraction of sp³-hybridized carbons (Fsp3) is 0.500. The summed E-state index contributed by atoms with van der Waals surface area (Å²) in [5.41, 5.74) is -1.81. The summed E-state index contributed by atoms with van der Waals surface area (Å²) in [4.78, 5) is 46.1. The Labute approximate surface area is 194 Å². The summed E-state index contributed by atoms with van der Waals surface area (Å²) in [6.45, 7) is 17.0. The van der Waals surface area contributed by atoms with Gasteiger partial charge in [-0.2, -0.15) is 0 Å². The second-order valence-corrected chi connectivity index (χ2v) is 7.72. The molecule has 0 aromatic carbocycles. The van der Waals surface area contributed by atoms with Crippen LogP contribution < -0.4 is 0 Å². The third kappa shape index (κ3) is 10.8. The van der Waals surface area contributed by atoms with Gasteiger partial charge in [-0.1, -0.05) is 40.2 Å². The molecule has 0 aliphatic rings. The molecule has 0 saturated carbocycles. The molecule has 0 bridgehead atoms. The first kappa shape index (κ1) is 29.8. The molecule has 0 aromatic rings. The molecule has 0 aliphatic heterocycles. The van der Waals surface area contributed by atoms with Gasteiger partial charge in [0.05, 0.1) is 25.2 Å². The maximum absolute atomic E-state index is 11.6. The van der Waals surface area contributed by atoms with Gasteiger partial charge in [-0.15, -0.1) is 0 Å². The third-order valence-electron chi connectivity index (χ3n) is 5.27. The lowest BCUT2D eigenvalue weighted by molar-refractivity contribution is -0.154. The van der Waals surface area contributed by atoms with Gasteiger partial charge in [0.2, 0.25) is 0 Å². The first-order valence-electron chi connectivity index (χ1n) is 10.4. The topological polar surface area (TPSA) is 125 Å². The van der Waals surface area contributed by atoms with E-state index in [0.29, 0.717) is 12.8 Å². The van der Waals surface area contributed by atoms with Crippen molar-refractivity contribution in [2.45, 2.75) is 33.1 Å². The van der Waals surface area contributed by atoms with Crippen LogP contribution in [0.25, 0.3) is 0 Å². The molecule has 0 aromatic heterocycles. The first-order valence-corrected chi connectivity index (χ1v) is 10.4. The highest BCUT2D eigenvalue weighted by molar-refractivity contribution is 5.86. The van der Waals surface area contributed by atoms with E-state index in [1.807, 2.05) is 13.8 Å². The highest BCUT2D eigenvalue weighted by Crippen LogP contribution is 2.33. The van der Waals surface area contributed by atoms with Crippen LogP contribution in [0.3, 0.4) is 0 Å². The summed E-state index contributed by atoms with van der Waals surface area (Å²) in [5, 5.41) is 9.27. The number of hydrogen-bond donors (Lipinski definition) is 1. The number of carbonyl (C=O) groups is 4. The number of ether oxygens (including phenoxy) is 4. The molecule has 0 aliphatic carbocycles. The quantitative estimate of drug-likeness (QED) is 0.184. The lowest BCUT2D eigenvalue weighted by Gasteiger charge is -2.35. The molecular weight excluding hydrogens is 432 g/mol. The first-order chi connectivity index (χ1) is 15.5. The predicted octanol–water partition coefficient (Wildman–Crippen LogP) is 3.01. The van der Waals surface area contributed by atoms with E-state index in [0.717, 1.165) is 18.2 Å². The molecule has 0 saturated heterocycles. The van der Waals surface area contributed by atoms with Crippen molar-refractivity contribution >= 4 is 23.9 Å². The van der Waals surface area contributed by atoms with Crippen molar-refractivity contribution in [1.29, 1.82) is 0 Å². The second kappa shape index (κ2) is 14.8. The summed E-state index contributed by atoms with van der Waals surface area (Å²) in [7, 11) is 0. The Morgan fingerprint density at radius 2 is 1.09 bits per heavy atom. The highest BCUT2D eigenvalue weighted by Gasteiger charge is 2.36. The number of aliphatic carboxylic acids is 1. The lowest BCUT2D eigenvalue weighted by atomic mass is 9.80. The maximum Gasteiger partial charge on any atom is 0.330 e. The van der Waals surface area contributed by atoms with Gasteiger partial charge >= 0.3 is 23.9 Å². The molecule has 0 fully saturated rings. The average molecular weight is 467 g/mol. The fourth-order valence-electron chi connectivity index (χ4n) is 2.77. The predicted molar refractivity (Wildman–Crippen MR) is 121 cm³/mol. The van der Waals surface area contributed by atoms with E-state index in [-0.39, 0.29) is 45.0 Å². The van der Waals surface area contributed by atoms with Gasteiger partial charge in [0.1, 0.15) is 13.2 Å². The summed E-state index contributed by atoms with van der Waals surface area (Å²) in [6.07, 6.45) is 3.90. The number of carboxylic acids is 1. The second-order valence-electron chi connectivity index (χ2n) is 7.72. The Morgan fingerprint density at radius 3 is 1.42 bits per heavy atom. The van der Waals surface area contributed by atoms with Crippen LogP contribution >= 0.6 is 0 Å². The molecule has 184 valence electrons. The average Bonchev–Trinajstić information content (AvgIpc) is 2.82. The number of carboxylic acid groups (broad SMARTS) is 1. The molecule has 0 spiro atoms. The van der Waals surface area contributed by atoms with Gasteiger partial charge in [0, 0.05) is 29.2 Å². The van der Waals surface area contributed by atoms with Crippen LogP contribution in [0.1, 0.15) is 33.1 Å². The SMILES string of the molecule is C=CC(=O)OCC(CC)(COCC(CC)(COC(=O)C=C)CC(=C)C(=O)O)COC(=O)C=C. The zero-order chi connectivity index (χ0) is 25.5. The van der Waals surface area contributed by atoms with Crippen molar-refractivity contribution in [3.05, 3.63) is 50.1 Å². The molecule has 9 nitrogen and oxygen atoms in total. The van der Waals surface area contributed by atoms with Crippen LogP contribution in [0, 0.1) is 10.8 Å². The monoisotopic (exact) mass is 466 g/mol. The zero-order valence-electron chi connectivity index (χ0n) is 19.4. The van der Waals surface area contributed by atoms with E-state index in [9.17, 15) is 24.3 Å². The summed E-state index contributed by atoms with van der Waals surface area (Å²) < 4.78 is 21.5. The normalized spacial score (nSPS) is 12.5. The third-order valence-corrected chi connectivity index (χ3v) is 5.27. The Bertz CT molecular complexity index is 729. The van der Waals surface area contributed by atoms with Crippen LogP contribution in [-0.4, -0.2) is 62.0 Å². The molecule has 9 heteroatoms. The van der Waals surface area contributed by atoms with Crippen molar-refractivity contribution in [2.75, 3.05) is 33.0 Å². The molecule has 0 amide bonds. The lowest BCUT2D eigenvalue weighted by Crippen LogP contribution is -2.41. The van der Waals surface area contributed by atoms with Crippen LogP contribution in [0.5, 0.6) is 0 Å². The molecule has 1 N–H and O–H groups in total. The van der Waals surface area contributed by atoms with Gasteiger partial charge in [-0.25, -0.2) is 19.2 Å². The minimum absolute atomic E-state index is 0.00673. The van der Waals surface area contributed by atoms with E-state index in [1.54, 1.807) is 0 Å². The molecular formula is C24H34O9. The smallest absolute Gasteiger partial charge is 0.330 e. The van der Waals surface area contributed by atoms with Gasteiger partial charge < -0.3 is 24.1 Å². The molecule has 0 rings (SSSR count). The molecule has 1 unspecified atom stereocenters. The maximum atomic E-state index is 11.6. The van der Waals surface area contributed by atoms with Crippen molar-refractivity contribution in [3.63, 3.8) is 0 Å². The van der Waals surface area contributed by atoms with E-state index < -0.39 is 34.7 Å². The molecule has 33 heavy (non-hydrogen) atoms. The van der Waals surface area contributed by atoms with E-state index in [2.05, 4.69) is 26.3 Å². The molecule has 0 radical (unpaired) electrons. The van der Waals surface area contributed by atoms with E-state index >= 15 is 0 Å². The van der Waals surface area contributed by atoms with Crippen molar-refractivity contribution < 1.29 is 43.2 Å². The van der Waals surface area contributed by atoms with Crippen molar-refractivity contribution in [2.24, 2.45) is 10.8 Å². The minimum Gasteiger partial charge on any atom is -0.478 e. The Kier molecular flexibility index (Phi) is 13.4. The van der Waals surface area contributed by atoms with Crippen LogP contribution in [0.4, 0.5) is 0 Å². The van der Waals surface area contributed by atoms with Gasteiger partial charge in [-0.05, 0) is 19.3 Å². The Balaban J connectivity index is 5.60. The Morgan fingerprint density at radius 1 is 0.727 bits per heavy atom. The number of carbonyl (C=O) groups excluding carboxylic acids is 3.